The lowest BCUT2D eigenvalue weighted by atomic mass is 10.3. The Labute approximate surface area is 68.3 Å². The molecule has 1 nitrogen and oxygen atoms in total. The molecule has 0 amide bonds. The third-order valence-electron chi connectivity index (χ3n) is 1.44. The smallest absolute Gasteiger partial charge is 0.185 e. The van der Waals surface area contributed by atoms with Crippen LogP contribution in [0.5, 0.6) is 0 Å². The van der Waals surface area contributed by atoms with E-state index in [0.717, 1.165) is 10.6 Å². The molecule has 1 atom stereocenters. The number of aliphatic imine (C=N–C) groups is 1. The summed E-state index contributed by atoms with van der Waals surface area (Å²) in [6.07, 6.45) is 1.33. The first kappa shape index (κ1) is 6.85. The van der Waals surface area contributed by atoms with E-state index in [0.29, 0.717) is 0 Å². The molecule has 0 aliphatic carbocycles. The number of thioether (sulfide) groups is 1. The monoisotopic (exact) mass is 167 g/mol. The number of rotatable bonds is 0. The van der Waals surface area contributed by atoms with Crippen molar-refractivity contribution in [2.24, 2.45) is 4.99 Å². The zero-order chi connectivity index (χ0) is 7.68. The van der Waals surface area contributed by atoms with Crippen molar-refractivity contribution >= 4 is 23.7 Å². The quantitative estimate of drug-likeness (QED) is 0.578. The van der Waals surface area contributed by atoms with E-state index in [4.69, 9.17) is 0 Å². The molecule has 11 heavy (non-hydrogen) atoms. The van der Waals surface area contributed by atoms with E-state index in [2.05, 4.69) is 4.99 Å². The maximum absolute atomic E-state index is 12.7. The highest BCUT2D eigenvalue weighted by Crippen LogP contribution is 2.35. The molecule has 0 radical (unpaired) electrons. The van der Waals surface area contributed by atoms with E-state index in [1.54, 1.807) is 0 Å². The Kier molecular flexibility index (Phi) is 1.66. The van der Waals surface area contributed by atoms with Gasteiger partial charge in [-0.15, -0.1) is 0 Å². The number of alkyl halides is 1. The zero-order valence-electron chi connectivity index (χ0n) is 5.70. The number of para-hydroxylation sites is 1. The lowest BCUT2D eigenvalue weighted by Gasteiger charge is -2.10. The van der Waals surface area contributed by atoms with E-state index in [9.17, 15) is 4.39 Å². The van der Waals surface area contributed by atoms with Crippen molar-refractivity contribution in [1.82, 2.24) is 0 Å². The van der Waals surface area contributed by atoms with E-state index >= 15 is 0 Å². The maximum atomic E-state index is 12.7. The molecule has 56 valence electrons. The van der Waals surface area contributed by atoms with Gasteiger partial charge >= 0.3 is 0 Å². The van der Waals surface area contributed by atoms with Crippen LogP contribution >= 0.6 is 11.8 Å². The van der Waals surface area contributed by atoms with E-state index in [1.165, 1.54) is 18.0 Å². The van der Waals surface area contributed by atoms with Gasteiger partial charge in [-0.05, 0) is 12.1 Å². The van der Waals surface area contributed by atoms with Crippen LogP contribution in [-0.2, 0) is 0 Å². The van der Waals surface area contributed by atoms with E-state index in [1.807, 2.05) is 24.3 Å². The average molecular weight is 167 g/mol. The molecule has 0 spiro atoms. The van der Waals surface area contributed by atoms with Crippen molar-refractivity contribution in [3.63, 3.8) is 0 Å². The van der Waals surface area contributed by atoms with Crippen molar-refractivity contribution in [2.75, 3.05) is 0 Å². The van der Waals surface area contributed by atoms with Crippen LogP contribution in [0.4, 0.5) is 10.1 Å². The highest BCUT2D eigenvalue weighted by molar-refractivity contribution is 8.00. The van der Waals surface area contributed by atoms with Gasteiger partial charge in [0.15, 0.2) is 5.50 Å². The number of benzene rings is 1. The molecule has 1 aromatic carbocycles. The summed E-state index contributed by atoms with van der Waals surface area (Å²) in [4.78, 5) is 4.87. The molecule has 1 unspecified atom stereocenters. The van der Waals surface area contributed by atoms with Crippen LogP contribution in [-0.4, -0.2) is 11.7 Å². The van der Waals surface area contributed by atoms with Crippen molar-refractivity contribution in [3.05, 3.63) is 24.3 Å². The molecule has 1 aliphatic heterocycles. The molecule has 1 aromatic rings. The van der Waals surface area contributed by atoms with Crippen molar-refractivity contribution in [3.8, 4) is 0 Å². The third kappa shape index (κ3) is 1.28. The summed E-state index contributed by atoms with van der Waals surface area (Å²) >= 11 is 1.20. The molecule has 0 aromatic heterocycles. The summed E-state index contributed by atoms with van der Waals surface area (Å²) in [6.45, 7) is 0. The summed E-state index contributed by atoms with van der Waals surface area (Å²) in [5.41, 5.74) is -0.115. The Morgan fingerprint density at radius 3 is 3.09 bits per heavy atom. The van der Waals surface area contributed by atoms with Gasteiger partial charge in [-0.2, -0.15) is 0 Å². The Hall–Kier alpha value is -0.830. The number of fused-ring (bicyclic) bond motifs is 1. The Balaban J connectivity index is 2.46. The van der Waals surface area contributed by atoms with E-state index in [-0.39, 0.29) is 0 Å². The molecule has 0 saturated carbocycles. The molecule has 0 N–H and O–H groups in total. The first-order chi connectivity index (χ1) is 5.36. The largest absolute Gasteiger partial charge is 0.256 e. The van der Waals surface area contributed by atoms with Gasteiger partial charge < -0.3 is 0 Å². The number of hydrogen-bond donors (Lipinski definition) is 0. The van der Waals surface area contributed by atoms with Crippen molar-refractivity contribution in [2.45, 2.75) is 10.4 Å². The summed E-state index contributed by atoms with van der Waals surface area (Å²) in [5.74, 6) is 0. The number of hydrogen-bond acceptors (Lipinski definition) is 2. The minimum absolute atomic E-state index is 0.867. The van der Waals surface area contributed by atoms with E-state index < -0.39 is 5.50 Å². The standard InChI is InChI=1S/C8H6FNS/c9-8-5-10-6-3-1-2-4-7(6)11-8/h1-5,8H. The van der Waals surface area contributed by atoms with Crippen LogP contribution in [0.2, 0.25) is 0 Å². The molecule has 3 heteroatoms. The van der Waals surface area contributed by atoms with Gasteiger partial charge in [0.05, 0.1) is 5.69 Å². The van der Waals surface area contributed by atoms with Gasteiger partial charge in [0.25, 0.3) is 0 Å². The maximum Gasteiger partial charge on any atom is 0.185 e. The first-order valence-electron chi connectivity index (χ1n) is 3.30. The zero-order valence-corrected chi connectivity index (χ0v) is 6.51. The second-order valence-corrected chi connectivity index (χ2v) is 3.34. The molecule has 0 bridgehead atoms. The fourth-order valence-electron chi connectivity index (χ4n) is 0.954. The Morgan fingerprint density at radius 2 is 2.18 bits per heavy atom. The first-order valence-corrected chi connectivity index (χ1v) is 4.18. The molecular weight excluding hydrogens is 161 g/mol. The van der Waals surface area contributed by atoms with Crippen LogP contribution in [0, 0.1) is 0 Å². The summed E-state index contributed by atoms with van der Waals surface area (Å²) < 4.78 is 12.7. The van der Waals surface area contributed by atoms with Crippen LogP contribution < -0.4 is 0 Å². The normalized spacial score (nSPS) is 21.4. The van der Waals surface area contributed by atoms with Gasteiger partial charge in [-0.3, -0.25) is 4.99 Å². The third-order valence-corrected chi connectivity index (χ3v) is 2.38. The summed E-state index contributed by atoms with van der Waals surface area (Å²) in [7, 11) is 0. The number of nitrogens with zero attached hydrogens (tertiary/aromatic N) is 1. The van der Waals surface area contributed by atoms with Gasteiger partial charge in [-0.25, -0.2) is 4.39 Å². The molecular formula is C8H6FNS. The van der Waals surface area contributed by atoms with Crippen LogP contribution in [0.15, 0.2) is 34.2 Å². The van der Waals surface area contributed by atoms with Gasteiger partial charge in [0.2, 0.25) is 0 Å². The Morgan fingerprint density at radius 1 is 1.36 bits per heavy atom. The number of halogens is 1. The minimum atomic E-state index is -0.982. The summed E-state index contributed by atoms with van der Waals surface area (Å²) in [6, 6.07) is 7.54. The van der Waals surface area contributed by atoms with Gasteiger partial charge in [0.1, 0.15) is 0 Å². The van der Waals surface area contributed by atoms with Gasteiger partial charge in [0, 0.05) is 11.1 Å². The second kappa shape index (κ2) is 2.66. The van der Waals surface area contributed by atoms with Crippen LogP contribution in [0.3, 0.4) is 0 Å². The second-order valence-electron chi connectivity index (χ2n) is 2.21. The lowest BCUT2D eigenvalue weighted by Crippen LogP contribution is -1.98. The molecule has 1 heterocycles. The molecule has 1 aliphatic rings. The Bertz CT molecular complexity index is 298. The highest BCUT2D eigenvalue weighted by Gasteiger charge is 2.12. The van der Waals surface area contributed by atoms with Crippen LogP contribution in [0.1, 0.15) is 0 Å². The van der Waals surface area contributed by atoms with Crippen LogP contribution in [0.25, 0.3) is 0 Å². The van der Waals surface area contributed by atoms with Crippen molar-refractivity contribution < 1.29 is 4.39 Å². The van der Waals surface area contributed by atoms with Gasteiger partial charge in [-0.1, -0.05) is 23.9 Å². The molecule has 2 rings (SSSR count). The predicted molar refractivity (Wildman–Crippen MR) is 45.3 cm³/mol. The molecule has 0 fully saturated rings. The summed E-state index contributed by atoms with van der Waals surface area (Å²) in [5, 5.41) is 0. The predicted octanol–water partition coefficient (Wildman–Crippen LogP) is 2.79. The minimum Gasteiger partial charge on any atom is -0.256 e. The highest BCUT2D eigenvalue weighted by atomic mass is 32.2. The SMILES string of the molecule is FC1C=Nc2ccccc2S1. The van der Waals surface area contributed by atoms with Crippen molar-refractivity contribution in [1.29, 1.82) is 0 Å². The topological polar surface area (TPSA) is 12.4 Å². The molecule has 0 saturated heterocycles. The lowest BCUT2D eigenvalue weighted by molar-refractivity contribution is 0.547. The fourth-order valence-corrected chi connectivity index (χ4v) is 1.72. The average Bonchev–Trinajstić information content (AvgIpc) is 2.04. The fraction of sp³-hybridized carbons (Fsp3) is 0.125.